The van der Waals surface area contributed by atoms with E-state index in [0.717, 1.165) is 17.7 Å². The van der Waals surface area contributed by atoms with E-state index in [9.17, 15) is 9.00 Å². The van der Waals surface area contributed by atoms with Gasteiger partial charge in [0.25, 0.3) is 0 Å². The third-order valence-corrected chi connectivity index (χ3v) is 12.5. The SMILES string of the molecule is CC(C)(C)[Si](C)(C)O[C@H]1CCC(=O)N2CC[C@@H](S(=O)c3ccccc3)[C@@H]12. The summed E-state index contributed by atoms with van der Waals surface area (Å²) in [6, 6.07) is 9.58. The van der Waals surface area contributed by atoms with Crippen LogP contribution >= 0.6 is 0 Å². The van der Waals surface area contributed by atoms with Crippen molar-refractivity contribution in [2.75, 3.05) is 6.54 Å². The highest BCUT2D eigenvalue weighted by atomic mass is 32.2. The number of hydrogen-bond donors (Lipinski definition) is 0. The second-order valence-electron chi connectivity index (χ2n) is 8.97. The highest BCUT2D eigenvalue weighted by molar-refractivity contribution is 7.85. The lowest BCUT2D eigenvalue weighted by Gasteiger charge is -2.45. The quantitative estimate of drug-likeness (QED) is 0.728. The van der Waals surface area contributed by atoms with Crippen molar-refractivity contribution >= 4 is 25.0 Å². The maximum Gasteiger partial charge on any atom is 0.223 e. The number of carbonyl (C=O) groups excluding carboxylic acids is 1. The highest BCUT2D eigenvalue weighted by Crippen LogP contribution is 2.41. The summed E-state index contributed by atoms with van der Waals surface area (Å²) in [7, 11) is -3.08. The van der Waals surface area contributed by atoms with E-state index in [1.807, 2.05) is 35.2 Å². The van der Waals surface area contributed by atoms with Crippen molar-refractivity contribution in [3.05, 3.63) is 30.3 Å². The Balaban J connectivity index is 1.87. The molecule has 4 atom stereocenters. The van der Waals surface area contributed by atoms with E-state index in [0.29, 0.717) is 13.0 Å². The molecule has 3 rings (SSSR count). The fourth-order valence-corrected chi connectivity index (χ4v) is 6.78. The number of piperidine rings is 1. The lowest BCUT2D eigenvalue weighted by molar-refractivity contribution is -0.138. The van der Waals surface area contributed by atoms with Gasteiger partial charge in [0, 0.05) is 17.9 Å². The fraction of sp³-hybridized carbons (Fsp3) is 0.650. The summed E-state index contributed by atoms with van der Waals surface area (Å²) < 4.78 is 20.0. The molecule has 1 aromatic carbocycles. The van der Waals surface area contributed by atoms with Crippen LogP contribution in [0.3, 0.4) is 0 Å². The highest BCUT2D eigenvalue weighted by Gasteiger charge is 2.50. The first-order chi connectivity index (χ1) is 12.1. The molecule has 0 bridgehead atoms. The Morgan fingerprint density at radius 1 is 1.15 bits per heavy atom. The summed E-state index contributed by atoms with van der Waals surface area (Å²) in [5, 5.41) is 0.0720. The third-order valence-electron chi connectivity index (χ3n) is 6.24. The Hall–Kier alpha value is -0.983. The molecule has 0 radical (unpaired) electrons. The van der Waals surface area contributed by atoms with Crippen LogP contribution in [-0.2, 0) is 20.0 Å². The van der Waals surface area contributed by atoms with Gasteiger partial charge in [0.2, 0.25) is 5.91 Å². The van der Waals surface area contributed by atoms with Gasteiger partial charge in [-0.3, -0.25) is 9.00 Å². The molecule has 2 saturated heterocycles. The zero-order chi connectivity index (χ0) is 19.1. The maximum absolute atomic E-state index is 13.2. The molecule has 0 aromatic heterocycles. The molecule has 1 unspecified atom stereocenters. The van der Waals surface area contributed by atoms with E-state index >= 15 is 0 Å². The number of rotatable bonds is 4. The average Bonchev–Trinajstić information content (AvgIpc) is 3.02. The summed E-state index contributed by atoms with van der Waals surface area (Å²) in [6.07, 6.45) is 2.07. The molecule has 2 fully saturated rings. The number of fused-ring (bicyclic) bond motifs is 1. The minimum Gasteiger partial charge on any atom is -0.412 e. The van der Waals surface area contributed by atoms with Crippen LogP contribution in [0.15, 0.2) is 35.2 Å². The van der Waals surface area contributed by atoms with E-state index in [-0.39, 0.29) is 28.3 Å². The molecule has 2 aliphatic rings. The van der Waals surface area contributed by atoms with E-state index in [1.165, 1.54) is 0 Å². The van der Waals surface area contributed by atoms with Gasteiger partial charge in [-0.05, 0) is 43.1 Å². The lowest BCUT2D eigenvalue weighted by atomic mass is 9.98. The maximum atomic E-state index is 13.2. The van der Waals surface area contributed by atoms with Gasteiger partial charge in [-0.25, -0.2) is 0 Å². The molecule has 0 N–H and O–H groups in total. The average molecular weight is 394 g/mol. The topological polar surface area (TPSA) is 46.6 Å². The van der Waals surface area contributed by atoms with Gasteiger partial charge in [0.05, 0.1) is 28.2 Å². The summed E-state index contributed by atoms with van der Waals surface area (Å²) >= 11 is 0. The van der Waals surface area contributed by atoms with Gasteiger partial charge < -0.3 is 9.33 Å². The van der Waals surface area contributed by atoms with E-state index in [4.69, 9.17) is 4.43 Å². The van der Waals surface area contributed by atoms with Gasteiger partial charge in [0.15, 0.2) is 8.32 Å². The fourth-order valence-electron chi connectivity index (χ4n) is 3.74. The van der Waals surface area contributed by atoms with Crippen LogP contribution in [-0.4, -0.2) is 47.3 Å². The van der Waals surface area contributed by atoms with Crippen molar-refractivity contribution in [2.45, 2.75) is 80.5 Å². The van der Waals surface area contributed by atoms with Crippen molar-refractivity contribution in [2.24, 2.45) is 0 Å². The van der Waals surface area contributed by atoms with Gasteiger partial charge in [-0.2, -0.15) is 0 Å². The van der Waals surface area contributed by atoms with Crippen molar-refractivity contribution in [3.63, 3.8) is 0 Å². The smallest absolute Gasteiger partial charge is 0.223 e. The van der Waals surface area contributed by atoms with Crippen LogP contribution in [0.5, 0.6) is 0 Å². The summed E-state index contributed by atoms with van der Waals surface area (Å²) in [5.74, 6) is 0.192. The molecule has 26 heavy (non-hydrogen) atoms. The zero-order valence-corrected chi connectivity index (χ0v) is 18.3. The number of carbonyl (C=O) groups is 1. The van der Waals surface area contributed by atoms with E-state index in [2.05, 4.69) is 33.9 Å². The molecule has 0 saturated carbocycles. The molecule has 2 heterocycles. The van der Waals surface area contributed by atoms with Crippen LogP contribution in [0, 0.1) is 0 Å². The number of nitrogens with zero attached hydrogens (tertiary/aromatic N) is 1. The Morgan fingerprint density at radius 3 is 2.42 bits per heavy atom. The monoisotopic (exact) mass is 393 g/mol. The first kappa shape index (κ1) is 19.8. The predicted octanol–water partition coefficient (Wildman–Crippen LogP) is 3.95. The van der Waals surface area contributed by atoms with Gasteiger partial charge in [0.1, 0.15) is 0 Å². The largest absolute Gasteiger partial charge is 0.412 e. The molecule has 6 heteroatoms. The van der Waals surface area contributed by atoms with Crippen molar-refractivity contribution < 1.29 is 13.4 Å². The number of amides is 1. The second-order valence-corrected chi connectivity index (χ2v) is 15.4. The number of benzene rings is 1. The molecular weight excluding hydrogens is 362 g/mol. The summed E-state index contributed by atoms with van der Waals surface area (Å²) in [4.78, 5) is 15.3. The normalized spacial score (nSPS) is 28.1. The van der Waals surface area contributed by atoms with Gasteiger partial charge in [-0.1, -0.05) is 39.0 Å². The third kappa shape index (κ3) is 3.69. The molecule has 0 spiro atoms. The molecule has 1 amide bonds. The molecule has 1 aromatic rings. The van der Waals surface area contributed by atoms with Gasteiger partial charge in [-0.15, -0.1) is 0 Å². The Labute approximate surface area is 160 Å². The Bertz CT molecular complexity index is 686. The van der Waals surface area contributed by atoms with Crippen molar-refractivity contribution in [1.82, 2.24) is 4.90 Å². The zero-order valence-electron chi connectivity index (χ0n) is 16.5. The second kappa shape index (κ2) is 7.21. The minimum absolute atomic E-state index is 0.00578. The lowest BCUT2D eigenvalue weighted by Crippen LogP contribution is -2.57. The standard InChI is InChI=1S/C20H31NO3SSi/c1-20(2,3)26(4,5)24-16-11-12-18(22)21-14-13-17(19(16)21)25(23)15-9-7-6-8-10-15/h6-10,16-17,19H,11-14H2,1-5H3/t16-,17+,19+,25?/m0/s1. The summed E-state index contributed by atoms with van der Waals surface area (Å²) in [5.41, 5.74) is 0. The van der Waals surface area contributed by atoms with Crippen LogP contribution in [0.25, 0.3) is 0 Å². The minimum atomic E-state index is -1.95. The van der Waals surface area contributed by atoms with Crippen LogP contribution < -0.4 is 0 Å². The van der Waals surface area contributed by atoms with E-state index < -0.39 is 19.1 Å². The molecule has 0 aliphatic carbocycles. The van der Waals surface area contributed by atoms with Crippen molar-refractivity contribution in [3.8, 4) is 0 Å². The van der Waals surface area contributed by atoms with Gasteiger partial charge >= 0.3 is 0 Å². The van der Waals surface area contributed by atoms with Crippen LogP contribution in [0.1, 0.15) is 40.0 Å². The van der Waals surface area contributed by atoms with Crippen LogP contribution in [0.4, 0.5) is 0 Å². The molecule has 144 valence electrons. The first-order valence-corrected chi connectivity index (χ1v) is 13.7. The summed E-state index contributed by atoms with van der Waals surface area (Å²) in [6.45, 7) is 11.9. The van der Waals surface area contributed by atoms with Crippen molar-refractivity contribution in [1.29, 1.82) is 0 Å². The van der Waals surface area contributed by atoms with E-state index in [1.54, 1.807) is 0 Å². The molecular formula is C20H31NO3SSi. The Morgan fingerprint density at radius 2 is 1.81 bits per heavy atom. The Kier molecular flexibility index (Phi) is 5.48. The van der Waals surface area contributed by atoms with Crippen LogP contribution in [0.2, 0.25) is 18.1 Å². The predicted molar refractivity (Wildman–Crippen MR) is 108 cm³/mol. The molecule has 4 nitrogen and oxygen atoms in total. The number of hydrogen-bond acceptors (Lipinski definition) is 3. The molecule has 2 aliphatic heterocycles. The first-order valence-electron chi connectivity index (χ1n) is 9.55.